The summed E-state index contributed by atoms with van der Waals surface area (Å²) in [7, 11) is 2.03. The molecular weight excluding hydrogens is 278 g/mol. The maximum atomic E-state index is 4.27. The minimum atomic E-state index is 0.487. The van der Waals surface area contributed by atoms with Crippen LogP contribution in [0, 0.1) is 0 Å². The van der Waals surface area contributed by atoms with Gasteiger partial charge in [-0.1, -0.05) is 6.92 Å². The zero-order valence-corrected chi connectivity index (χ0v) is 13.9. The summed E-state index contributed by atoms with van der Waals surface area (Å²) < 4.78 is 1.99. The fourth-order valence-corrected chi connectivity index (χ4v) is 4.58. The van der Waals surface area contributed by atoms with E-state index in [1.54, 1.807) is 10.4 Å². The van der Waals surface area contributed by atoms with Crippen LogP contribution >= 0.6 is 11.3 Å². The summed E-state index contributed by atoms with van der Waals surface area (Å²) in [6.07, 6.45) is 9.43. The van der Waals surface area contributed by atoms with Gasteiger partial charge in [0.05, 0.1) is 0 Å². The number of aromatic nitrogens is 2. The Morgan fingerprint density at radius 1 is 1.38 bits per heavy atom. The van der Waals surface area contributed by atoms with Crippen LogP contribution in [-0.2, 0) is 26.3 Å². The van der Waals surface area contributed by atoms with E-state index in [9.17, 15) is 0 Å². The highest BCUT2D eigenvalue weighted by Crippen LogP contribution is 2.34. The van der Waals surface area contributed by atoms with E-state index in [2.05, 4.69) is 29.5 Å². The first kappa shape index (κ1) is 14.8. The number of fused-ring (bicyclic) bond motifs is 1. The van der Waals surface area contributed by atoms with Crippen LogP contribution in [0.3, 0.4) is 0 Å². The van der Waals surface area contributed by atoms with E-state index in [4.69, 9.17) is 0 Å². The van der Waals surface area contributed by atoms with Gasteiger partial charge in [0.15, 0.2) is 0 Å². The molecule has 0 saturated carbocycles. The first-order valence-electron chi connectivity index (χ1n) is 8.09. The summed E-state index contributed by atoms with van der Waals surface area (Å²) in [6, 6.07) is 5.08. The summed E-state index contributed by atoms with van der Waals surface area (Å²) in [6.45, 7) is 3.23. The van der Waals surface area contributed by atoms with Crippen LogP contribution in [-0.4, -0.2) is 16.3 Å². The van der Waals surface area contributed by atoms with Gasteiger partial charge in [-0.3, -0.25) is 4.68 Å². The van der Waals surface area contributed by atoms with E-state index in [0.717, 1.165) is 19.4 Å². The Morgan fingerprint density at radius 2 is 2.24 bits per heavy atom. The van der Waals surface area contributed by atoms with Gasteiger partial charge in [-0.05, 0) is 62.8 Å². The number of thiophene rings is 1. The van der Waals surface area contributed by atoms with Gasteiger partial charge in [0, 0.05) is 34.7 Å². The number of rotatable bonds is 6. The Hall–Kier alpha value is -1.13. The van der Waals surface area contributed by atoms with Gasteiger partial charge in [0.25, 0.3) is 0 Å². The Balaban J connectivity index is 1.71. The molecule has 0 fully saturated rings. The van der Waals surface area contributed by atoms with E-state index < -0.39 is 0 Å². The van der Waals surface area contributed by atoms with Gasteiger partial charge < -0.3 is 5.32 Å². The quantitative estimate of drug-likeness (QED) is 0.883. The molecule has 2 aromatic heterocycles. The molecule has 0 amide bonds. The highest BCUT2D eigenvalue weighted by Gasteiger charge is 2.19. The molecule has 0 radical (unpaired) electrons. The number of nitrogens with one attached hydrogen (secondary N) is 1. The molecule has 0 spiro atoms. The van der Waals surface area contributed by atoms with Crippen molar-refractivity contribution in [1.29, 1.82) is 0 Å². The highest BCUT2D eigenvalue weighted by atomic mass is 32.1. The third-order valence-corrected chi connectivity index (χ3v) is 5.77. The standard InChI is InChI=1S/C17H25N3S/c1-3-18-15(9-8-14-10-11-19-20(14)2)17-12-13-6-4-5-7-16(13)21-17/h10-12,15,18H,3-9H2,1-2H3. The second kappa shape index (κ2) is 6.75. The molecule has 0 bridgehead atoms. The number of nitrogens with zero attached hydrogens (tertiary/aromatic N) is 2. The second-order valence-electron chi connectivity index (χ2n) is 5.90. The van der Waals surface area contributed by atoms with Crippen LogP contribution in [0.4, 0.5) is 0 Å². The van der Waals surface area contributed by atoms with Crippen LogP contribution in [0.25, 0.3) is 0 Å². The Labute approximate surface area is 131 Å². The summed E-state index contributed by atoms with van der Waals surface area (Å²) >= 11 is 2.04. The van der Waals surface area contributed by atoms with Crippen molar-refractivity contribution in [1.82, 2.24) is 15.1 Å². The van der Waals surface area contributed by atoms with E-state index in [0.29, 0.717) is 6.04 Å². The molecule has 2 heterocycles. The molecule has 0 aliphatic heterocycles. The van der Waals surface area contributed by atoms with E-state index in [1.807, 2.05) is 29.3 Å². The van der Waals surface area contributed by atoms with Crippen LogP contribution in [0.15, 0.2) is 18.3 Å². The molecule has 1 unspecified atom stereocenters. The predicted molar refractivity (Wildman–Crippen MR) is 88.9 cm³/mol. The van der Waals surface area contributed by atoms with Crippen LogP contribution in [0.2, 0.25) is 0 Å². The topological polar surface area (TPSA) is 29.9 Å². The molecule has 1 aliphatic carbocycles. The molecule has 4 heteroatoms. The van der Waals surface area contributed by atoms with Crippen molar-refractivity contribution in [3.8, 4) is 0 Å². The van der Waals surface area contributed by atoms with Crippen LogP contribution in [0.1, 0.15) is 53.2 Å². The molecule has 0 aromatic carbocycles. The molecule has 21 heavy (non-hydrogen) atoms. The largest absolute Gasteiger partial charge is 0.310 e. The van der Waals surface area contributed by atoms with Crippen molar-refractivity contribution in [2.45, 2.75) is 51.5 Å². The third-order valence-electron chi connectivity index (χ3n) is 4.42. The lowest BCUT2D eigenvalue weighted by atomic mass is 9.98. The summed E-state index contributed by atoms with van der Waals surface area (Å²) in [4.78, 5) is 3.17. The molecule has 114 valence electrons. The van der Waals surface area contributed by atoms with Crippen LogP contribution in [0.5, 0.6) is 0 Å². The monoisotopic (exact) mass is 303 g/mol. The summed E-state index contributed by atoms with van der Waals surface area (Å²) in [5.41, 5.74) is 2.93. The number of aryl methyl sites for hydroxylation is 4. The average molecular weight is 303 g/mol. The van der Waals surface area contributed by atoms with Gasteiger partial charge in [0.2, 0.25) is 0 Å². The predicted octanol–water partition coefficient (Wildman–Crippen LogP) is 3.64. The molecule has 1 aliphatic rings. The summed E-state index contributed by atoms with van der Waals surface area (Å²) in [5.74, 6) is 0. The van der Waals surface area contributed by atoms with Crippen molar-refractivity contribution < 1.29 is 0 Å². The van der Waals surface area contributed by atoms with Crippen molar-refractivity contribution >= 4 is 11.3 Å². The number of hydrogen-bond acceptors (Lipinski definition) is 3. The molecular formula is C17H25N3S. The lowest BCUT2D eigenvalue weighted by Crippen LogP contribution is -2.21. The smallest absolute Gasteiger partial charge is 0.0492 e. The molecule has 1 atom stereocenters. The highest BCUT2D eigenvalue weighted by molar-refractivity contribution is 7.12. The first-order chi connectivity index (χ1) is 10.3. The first-order valence-corrected chi connectivity index (χ1v) is 8.91. The fourth-order valence-electron chi connectivity index (χ4n) is 3.22. The molecule has 1 N–H and O–H groups in total. The maximum Gasteiger partial charge on any atom is 0.0492 e. The Morgan fingerprint density at radius 3 is 2.95 bits per heavy atom. The van der Waals surface area contributed by atoms with Crippen molar-refractivity contribution in [3.05, 3.63) is 39.3 Å². The van der Waals surface area contributed by atoms with Gasteiger partial charge >= 0.3 is 0 Å². The maximum absolute atomic E-state index is 4.27. The van der Waals surface area contributed by atoms with E-state index in [-0.39, 0.29) is 0 Å². The van der Waals surface area contributed by atoms with Gasteiger partial charge in [0.1, 0.15) is 0 Å². The van der Waals surface area contributed by atoms with Crippen molar-refractivity contribution in [3.63, 3.8) is 0 Å². The second-order valence-corrected chi connectivity index (χ2v) is 7.07. The Kier molecular flexibility index (Phi) is 4.76. The lowest BCUT2D eigenvalue weighted by Gasteiger charge is -2.16. The zero-order valence-electron chi connectivity index (χ0n) is 13.1. The third kappa shape index (κ3) is 3.38. The van der Waals surface area contributed by atoms with Gasteiger partial charge in [-0.2, -0.15) is 5.10 Å². The van der Waals surface area contributed by atoms with E-state index >= 15 is 0 Å². The van der Waals surface area contributed by atoms with Crippen LogP contribution < -0.4 is 5.32 Å². The van der Waals surface area contributed by atoms with E-state index in [1.165, 1.54) is 36.3 Å². The van der Waals surface area contributed by atoms with Gasteiger partial charge in [-0.15, -0.1) is 11.3 Å². The molecule has 0 saturated heterocycles. The SMILES string of the molecule is CCNC(CCc1ccnn1C)c1cc2c(s1)CCCC2. The Bertz CT molecular complexity index is 561. The van der Waals surface area contributed by atoms with Crippen molar-refractivity contribution in [2.24, 2.45) is 7.05 Å². The van der Waals surface area contributed by atoms with Gasteiger partial charge in [-0.25, -0.2) is 0 Å². The number of hydrogen-bond donors (Lipinski definition) is 1. The molecule has 3 nitrogen and oxygen atoms in total. The normalized spacial score (nSPS) is 15.9. The average Bonchev–Trinajstić information content (AvgIpc) is 3.09. The zero-order chi connectivity index (χ0) is 14.7. The lowest BCUT2D eigenvalue weighted by molar-refractivity contribution is 0.512. The summed E-state index contributed by atoms with van der Waals surface area (Å²) in [5, 5.41) is 7.94. The fraction of sp³-hybridized carbons (Fsp3) is 0.588. The molecule has 3 rings (SSSR count). The minimum absolute atomic E-state index is 0.487. The minimum Gasteiger partial charge on any atom is -0.310 e. The van der Waals surface area contributed by atoms with Crippen molar-refractivity contribution in [2.75, 3.05) is 6.54 Å². The molecule has 2 aromatic rings.